The van der Waals surface area contributed by atoms with Gasteiger partial charge in [-0.15, -0.1) is 0 Å². The van der Waals surface area contributed by atoms with Crippen LogP contribution in [0.2, 0.25) is 0 Å². The monoisotopic (exact) mass is 397 g/mol. The second kappa shape index (κ2) is 8.15. The van der Waals surface area contributed by atoms with Crippen molar-refractivity contribution in [2.24, 2.45) is 5.92 Å². The molecule has 4 nitrogen and oxygen atoms in total. The molecular weight excluding hydrogens is 369 g/mol. The lowest BCUT2D eigenvalue weighted by Gasteiger charge is -2.52. The van der Waals surface area contributed by atoms with E-state index in [1.165, 1.54) is 24.3 Å². The number of carbonyl (C=O) groups excluding carboxylic acids is 1. The summed E-state index contributed by atoms with van der Waals surface area (Å²) in [6.45, 7) is 2.94. The molecule has 1 heterocycles. The molecule has 3 atom stereocenters. The summed E-state index contributed by atoms with van der Waals surface area (Å²) in [4.78, 5) is 15.3. The van der Waals surface area contributed by atoms with Gasteiger partial charge in [-0.25, -0.2) is 4.39 Å². The van der Waals surface area contributed by atoms with Crippen molar-refractivity contribution in [2.45, 2.75) is 50.7 Å². The van der Waals surface area contributed by atoms with Crippen molar-refractivity contribution in [3.05, 3.63) is 65.5 Å². The number of benzene rings is 2. The predicted molar refractivity (Wildman–Crippen MR) is 109 cm³/mol. The molecule has 1 saturated heterocycles. The number of hydrogen-bond acceptors (Lipinski definition) is 3. The van der Waals surface area contributed by atoms with Crippen LogP contribution in [0.3, 0.4) is 0 Å². The molecule has 1 aliphatic carbocycles. The van der Waals surface area contributed by atoms with Gasteiger partial charge in [0.2, 0.25) is 0 Å². The van der Waals surface area contributed by atoms with E-state index in [-0.39, 0.29) is 23.7 Å². The summed E-state index contributed by atoms with van der Waals surface area (Å²) in [5.41, 5.74) is 0.642. The third-order valence-electron chi connectivity index (χ3n) is 6.46. The summed E-state index contributed by atoms with van der Waals surface area (Å²) in [5, 5.41) is 11.4. The maximum Gasteiger partial charge on any atom is 0.254 e. The van der Waals surface area contributed by atoms with Crippen LogP contribution in [-0.2, 0) is 0 Å². The van der Waals surface area contributed by atoms with Gasteiger partial charge in [0.15, 0.2) is 0 Å². The first-order chi connectivity index (χ1) is 14.0. The lowest BCUT2D eigenvalue weighted by atomic mass is 9.66. The van der Waals surface area contributed by atoms with Crippen LogP contribution in [-0.4, -0.2) is 34.7 Å². The fourth-order valence-electron chi connectivity index (χ4n) is 5.06. The van der Waals surface area contributed by atoms with Crippen molar-refractivity contribution < 1.29 is 19.0 Å². The third kappa shape index (κ3) is 3.76. The predicted octanol–water partition coefficient (Wildman–Crippen LogP) is 4.73. The number of likely N-dealkylation sites (tertiary alicyclic amines) is 1. The van der Waals surface area contributed by atoms with Crippen LogP contribution in [0.25, 0.3) is 0 Å². The van der Waals surface area contributed by atoms with Gasteiger partial charge in [0, 0.05) is 23.6 Å². The molecule has 154 valence electrons. The normalized spacial score (nSPS) is 26.7. The van der Waals surface area contributed by atoms with Crippen molar-refractivity contribution in [3.63, 3.8) is 0 Å². The average Bonchev–Trinajstić information content (AvgIpc) is 2.73. The summed E-state index contributed by atoms with van der Waals surface area (Å²) in [6.07, 6.45) is 4.26. The van der Waals surface area contributed by atoms with E-state index in [4.69, 9.17) is 4.74 Å². The van der Waals surface area contributed by atoms with Gasteiger partial charge in [0.1, 0.15) is 11.6 Å². The molecule has 5 heteroatoms. The Kier molecular flexibility index (Phi) is 5.59. The molecule has 1 saturated carbocycles. The second-order valence-corrected chi connectivity index (χ2v) is 8.13. The first kappa shape index (κ1) is 19.9. The molecule has 0 spiro atoms. The topological polar surface area (TPSA) is 49.8 Å². The highest BCUT2D eigenvalue weighted by Gasteiger charge is 2.50. The molecule has 4 rings (SSSR count). The Morgan fingerprint density at radius 3 is 2.69 bits per heavy atom. The zero-order valence-corrected chi connectivity index (χ0v) is 16.8. The van der Waals surface area contributed by atoms with Crippen molar-refractivity contribution >= 4 is 5.91 Å². The number of para-hydroxylation sites is 1. The Labute approximate surface area is 171 Å². The highest BCUT2D eigenvalue weighted by atomic mass is 19.1. The number of rotatable bonds is 4. The highest BCUT2D eigenvalue weighted by molar-refractivity contribution is 5.94. The summed E-state index contributed by atoms with van der Waals surface area (Å²) in [6, 6.07) is 13.2. The maximum absolute atomic E-state index is 13.4. The number of halogens is 1. The lowest BCUT2D eigenvalue weighted by molar-refractivity contribution is -0.115. The smallest absolute Gasteiger partial charge is 0.254 e. The largest absolute Gasteiger partial charge is 0.494 e. The van der Waals surface area contributed by atoms with Crippen molar-refractivity contribution in [3.8, 4) is 5.75 Å². The van der Waals surface area contributed by atoms with Crippen LogP contribution >= 0.6 is 0 Å². The van der Waals surface area contributed by atoms with E-state index in [2.05, 4.69) is 0 Å². The van der Waals surface area contributed by atoms with Gasteiger partial charge < -0.3 is 14.7 Å². The van der Waals surface area contributed by atoms with Crippen LogP contribution in [0.15, 0.2) is 48.5 Å². The van der Waals surface area contributed by atoms with Crippen molar-refractivity contribution in [1.82, 2.24) is 4.90 Å². The Morgan fingerprint density at radius 1 is 1.17 bits per heavy atom. The molecule has 0 radical (unpaired) electrons. The van der Waals surface area contributed by atoms with E-state index in [0.29, 0.717) is 25.1 Å². The molecule has 1 amide bonds. The molecule has 29 heavy (non-hydrogen) atoms. The summed E-state index contributed by atoms with van der Waals surface area (Å²) in [7, 11) is 0. The average molecular weight is 397 g/mol. The first-order valence-corrected chi connectivity index (χ1v) is 10.5. The standard InChI is InChI=1S/C24H28FNO3/c1-2-29-21-9-4-3-7-19(21)22-20-8-5-6-14-24(20,28)15-16-26(22)23(27)17-10-12-18(25)13-11-17/h3-4,7,9-13,20,22,28H,2,5-6,8,14-16H2,1H3/t20-,22+,24+/m0/s1. The van der Waals surface area contributed by atoms with Crippen LogP contribution in [0.5, 0.6) is 5.75 Å². The van der Waals surface area contributed by atoms with Gasteiger partial charge >= 0.3 is 0 Å². The zero-order chi connectivity index (χ0) is 20.4. The van der Waals surface area contributed by atoms with E-state index < -0.39 is 5.60 Å². The minimum Gasteiger partial charge on any atom is -0.494 e. The Balaban J connectivity index is 1.77. The van der Waals surface area contributed by atoms with E-state index in [9.17, 15) is 14.3 Å². The third-order valence-corrected chi connectivity index (χ3v) is 6.46. The fraction of sp³-hybridized carbons (Fsp3) is 0.458. The minimum absolute atomic E-state index is 0.0454. The summed E-state index contributed by atoms with van der Waals surface area (Å²) >= 11 is 0. The number of hydrogen-bond donors (Lipinski definition) is 1. The molecule has 2 aliphatic rings. The van der Waals surface area contributed by atoms with Crippen LogP contribution in [0, 0.1) is 11.7 Å². The van der Waals surface area contributed by atoms with Gasteiger partial charge in [0.05, 0.1) is 18.2 Å². The number of carbonyl (C=O) groups is 1. The Hall–Kier alpha value is -2.40. The number of fused-ring (bicyclic) bond motifs is 1. The van der Waals surface area contributed by atoms with Crippen molar-refractivity contribution in [1.29, 1.82) is 0 Å². The molecule has 0 bridgehead atoms. The highest BCUT2D eigenvalue weighted by Crippen LogP contribution is 2.51. The van der Waals surface area contributed by atoms with Crippen LogP contribution < -0.4 is 4.74 Å². The fourth-order valence-corrected chi connectivity index (χ4v) is 5.06. The molecule has 0 aromatic heterocycles. The zero-order valence-electron chi connectivity index (χ0n) is 16.8. The van der Waals surface area contributed by atoms with Crippen LogP contribution in [0.1, 0.15) is 61.0 Å². The molecule has 1 N–H and O–H groups in total. The number of amides is 1. The number of ether oxygens (including phenoxy) is 1. The van der Waals surface area contributed by atoms with Crippen molar-refractivity contribution in [2.75, 3.05) is 13.2 Å². The van der Waals surface area contributed by atoms with Gasteiger partial charge in [-0.05, 0) is 56.5 Å². The van der Waals surface area contributed by atoms with E-state index >= 15 is 0 Å². The van der Waals surface area contributed by atoms with Gasteiger partial charge in [-0.3, -0.25) is 4.79 Å². The van der Waals surface area contributed by atoms with E-state index in [1.54, 1.807) is 0 Å². The Morgan fingerprint density at radius 2 is 1.93 bits per heavy atom. The van der Waals surface area contributed by atoms with E-state index in [0.717, 1.165) is 37.0 Å². The lowest BCUT2D eigenvalue weighted by Crippen LogP contribution is -2.56. The number of aliphatic hydroxyl groups is 1. The maximum atomic E-state index is 13.4. The first-order valence-electron chi connectivity index (χ1n) is 10.5. The number of piperidine rings is 1. The molecular formula is C24H28FNO3. The van der Waals surface area contributed by atoms with E-state index in [1.807, 2.05) is 36.1 Å². The van der Waals surface area contributed by atoms with Gasteiger partial charge in [-0.1, -0.05) is 31.0 Å². The van der Waals surface area contributed by atoms with Gasteiger partial charge in [0.25, 0.3) is 5.91 Å². The number of nitrogens with zero attached hydrogens (tertiary/aromatic N) is 1. The SMILES string of the molecule is CCOc1ccccc1[C@@H]1[C@@H]2CCCC[C@@]2(O)CCN1C(=O)c1ccc(F)cc1. The molecule has 2 fully saturated rings. The molecule has 2 aromatic carbocycles. The summed E-state index contributed by atoms with van der Waals surface area (Å²) < 4.78 is 19.3. The molecule has 0 unspecified atom stereocenters. The molecule has 1 aliphatic heterocycles. The minimum atomic E-state index is -0.762. The second-order valence-electron chi connectivity index (χ2n) is 8.13. The quantitative estimate of drug-likeness (QED) is 0.811. The van der Waals surface area contributed by atoms with Gasteiger partial charge in [-0.2, -0.15) is 0 Å². The van der Waals surface area contributed by atoms with Crippen LogP contribution in [0.4, 0.5) is 4.39 Å². The molecule has 2 aromatic rings. The Bertz CT molecular complexity index is 869. The summed E-state index contributed by atoms with van der Waals surface area (Å²) in [5.74, 6) is 0.219.